The number of carbonyl (C=O) groups is 1. The minimum absolute atomic E-state index is 0.292. The fraction of sp³-hybridized carbons (Fsp3) is 0.455. The van der Waals surface area contributed by atoms with Crippen molar-refractivity contribution in [1.29, 1.82) is 0 Å². The van der Waals surface area contributed by atoms with Crippen LogP contribution in [0, 0.1) is 0 Å². The third-order valence-corrected chi connectivity index (χ3v) is 2.50. The van der Waals surface area contributed by atoms with Gasteiger partial charge in [0.1, 0.15) is 5.75 Å². The molecule has 5 heteroatoms. The van der Waals surface area contributed by atoms with Crippen molar-refractivity contribution in [3.8, 4) is 5.75 Å². The number of nitrogens with zero attached hydrogens (tertiary/aromatic N) is 2. The van der Waals surface area contributed by atoms with Gasteiger partial charge in [0.25, 0.3) is 0 Å². The number of fused-ring (bicyclic) bond motifs is 1. The Kier molecular flexibility index (Phi) is 2.94. The van der Waals surface area contributed by atoms with E-state index in [0.717, 1.165) is 11.3 Å². The van der Waals surface area contributed by atoms with Crippen LogP contribution in [-0.2, 0) is 17.8 Å². The average molecular weight is 222 g/mol. The highest BCUT2D eigenvalue weighted by molar-refractivity contribution is 5.68. The molecule has 1 aliphatic rings. The second kappa shape index (κ2) is 4.38. The molecular weight excluding hydrogens is 208 g/mol. The molecule has 0 saturated carbocycles. The summed E-state index contributed by atoms with van der Waals surface area (Å²) in [7, 11) is 1.60. The van der Waals surface area contributed by atoms with Gasteiger partial charge in [-0.05, 0) is 18.6 Å². The zero-order valence-corrected chi connectivity index (χ0v) is 9.40. The Hall–Kier alpha value is -1.78. The monoisotopic (exact) mass is 222 g/mol. The Bertz CT molecular complexity index is 406. The van der Waals surface area contributed by atoms with Gasteiger partial charge in [-0.2, -0.15) is 0 Å². The minimum atomic E-state index is -0.292. The zero-order valence-electron chi connectivity index (χ0n) is 9.40. The van der Waals surface area contributed by atoms with Crippen LogP contribution in [-0.4, -0.2) is 29.7 Å². The van der Waals surface area contributed by atoms with Gasteiger partial charge in [0.15, 0.2) is 0 Å². The number of rotatable bonds is 2. The molecule has 2 heterocycles. The molecule has 0 bridgehead atoms. The summed E-state index contributed by atoms with van der Waals surface area (Å²) < 4.78 is 10.0. The fourth-order valence-electron chi connectivity index (χ4n) is 1.69. The molecule has 86 valence electrons. The highest BCUT2D eigenvalue weighted by atomic mass is 16.6. The first kappa shape index (κ1) is 10.7. The highest BCUT2D eigenvalue weighted by Gasteiger charge is 2.25. The van der Waals surface area contributed by atoms with E-state index in [9.17, 15) is 4.79 Å². The van der Waals surface area contributed by atoms with Crippen molar-refractivity contribution in [2.45, 2.75) is 20.0 Å². The van der Waals surface area contributed by atoms with E-state index in [0.29, 0.717) is 25.4 Å². The van der Waals surface area contributed by atoms with E-state index < -0.39 is 0 Å². The van der Waals surface area contributed by atoms with Gasteiger partial charge in [-0.3, -0.25) is 9.88 Å². The molecule has 1 aromatic heterocycles. The maximum atomic E-state index is 11.5. The molecule has 0 fully saturated rings. The lowest BCUT2D eigenvalue weighted by Crippen LogP contribution is -2.26. The minimum Gasteiger partial charge on any atom is -0.495 e. The van der Waals surface area contributed by atoms with E-state index in [4.69, 9.17) is 9.47 Å². The van der Waals surface area contributed by atoms with Gasteiger partial charge in [0.2, 0.25) is 0 Å². The Morgan fingerprint density at radius 1 is 1.56 bits per heavy atom. The summed E-state index contributed by atoms with van der Waals surface area (Å²) in [5.41, 5.74) is 1.93. The first-order chi connectivity index (χ1) is 7.74. The lowest BCUT2D eigenvalue weighted by molar-refractivity contribution is 0.106. The molecule has 1 amide bonds. The smallest absolute Gasteiger partial charge is 0.410 e. The molecule has 1 aliphatic heterocycles. The lowest BCUT2D eigenvalue weighted by Gasteiger charge is -2.13. The largest absolute Gasteiger partial charge is 0.495 e. The van der Waals surface area contributed by atoms with Crippen LogP contribution in [0.3, 0.4) is 0 Å². The van der Waals surface area contributed by atoms with Crippen LogP contribution in [0.15, 0.2) is 12.3 Å². The maximum Gasteiger partial charge on any atom is 0.410 e. The van der Waals surface area contributed by atoms with Gasteiger partial charge in [-0.25, -0.2) is 4.79 Å². The Labute approximate surface area is 94.0 Å². The van der Waals surface area contributed by atoms with Crippen LogP contribution in [0.1, 0.15) is 18.2 Å². The predicted molar refractivity (Wildman–Crippen MR) is 57.1 cm³/mol. The van der Waals surface area contributed by atoms with E-state index in [1.165, 1.54) is 0 Å². The zero-order chi connectivity index (χ0) is 11.5. The van der Waals surface area contributed by atoms with Gasteiger partial charge < -0.3 is 9.47 Å². The Balaban J connectivity index is 2.11. The maximum absolute atomic E-state index is 11.5. The van der Waals surface area contributed by atoms with E-state index in [1.54, 1.807) is 25.1 Å². The SMILES string of the molecule is CCOC(=O)N1Cc2cc(OC)cnc2C1. The third kappa shape index (κ3) is 1.93. The van der Waals surface area contributed by atoms with Crippen molar-refractivity contribution in [3.63, 3.8) is 0 Å². The molecule has 0 radical (unpaired) electrons. The van der Waals surface area contributed by atoms with Crippen LogP contribution in [0.2, 0.25) is 0 Å². The molecule has 0 spiro atoms. The molecule has 0 aromatic carbocycles. The van der Waals surface area contributed by atoms with E-state index in [2.05, 4.69) is 4.98 Å². The summed E-state index contributed by atoms with van der Waals surface area (Å²) in [4.78, 5) is 17.4. The third-order valence-electron chi connectivity index (χ3n) is 2.50. The topological polar surface area (TPSA) is 51.7 Å². The normalized spacial score (nSPS) is 13.5. The van der Waals surface area contributed by atoms with Crippen LogP contribution >= 0.6 is 0 Å². The Morgan fingerprint density at radius 3 is 3.06 bits per heavy atom. The van der Waals surface area contributed by atoms with Gasteiger partial charge in [0, 0.05) is 0 Å². The highest BCUT2D eigenvalue weighted by Crippen LogP contribution is 2.24. The van der Waals surface area contributed by atoms with Crippen LogP contribution in [0.5, 0.6) is 5.75 Å². The van der Waals surface area contributed by atoms with E-state index in [-0.39, 0.29) is 6.09 Å². The summed E-state index contributed by atoms with van der Waals surface area (Å²) in [5.74, 6) is 0.712. The van der Waals surface area contributed by atoms with Crippen molar-refractivity contribution < 1.29 is 14.3 Å². The number of ether oxygens (including phenoxy) is 2. The molecule has 5 nitrogen and oxygen atoms in total. The molecule has 0 N–H and O–H groups in total. The lowest BCUT2D eigenvalue weighted by atomic mass is 10.2. The molecule has 16 heavy (non-hydrogen) atoms. The standard InChI is InChI=1S/C11H14N2O3/c1-3-16-11(14)13-6-8-4-9(15-2)5-12-10(8)7-13/h4-5H,3,6-7H2,1-2H3. The second-order valence-corrected chi connectivity index (χ2v) is 3.54. The molecule has 0 atom stereocenters. The summed E-state index contributed by atoms with van der Waals surface area (Å²) in [5, 5.41) is 0. The van der Waals surface area contributed by atoms with Crippen molar-refractivity contribution in [2.75, 3.05) is 13.7 Å². The molecule has 0 aliphatic carbocycles. The molecular formula is C11H14N2O3. The first-order valence-electron chi connectivity index (χ1n) is 5.18. The molecule has 0 saturated heterocycles. The molecule has 0 unspecified atom stereocenters. The van der Waals surface area contributed by atoms with E-state index in [1.807, 2.05) is 6.07 Å². The number of carbonyl (C=O) groups excluding carboxylic acids is 1. The summed E-state index contributed by atoms with van der Waals surface area (Å²) >= 11 is 0. The van der Waals surface area contributed by atoms with Crippen molar-refractivity contribution in [2.24, 2.45) is 0 Å². The van der Waals surface area contributed by atoms with Gasteiger partial charge in [0.05, 0.1) is 38.7 Å². The van der Waals surface area contributed by atoms with Crippen molar-refractivity contribution in [3.05, 3.63) is 23.5 Å². The number of pyridine rings is 1. The first-order valence-corrected chi connectivity index (χ1v) is 5.18. The number of hydrogen-bond acceptors (Lipinski definition) is 4. The molecule has 2 rings (SSSR count). The second-order valence-electron chi connectivity index (χ2n) is 3.54. The van der Waals surface area contributed by atoms with Gasteiger partial charge >= 0.3 is 6.09 Å². The fourth-order valence-corrected chi connectivity index (χ4v) is 1.69. The van der Waals surface area contributed by atoms with Crippen LogP contribution in [0.25, 0.3) is 0 Å². The van der Waals surface area contributed by atoms with E-state index >= 15 is 0 Å². The molecule has 1 aromatic rings. The number of aromatic nitrogens is 1. The number of hydrogen-bond donors (Lipinski definition) is 0. The number of amides is 1. The Morgan fingerprint density at radius 2 is 2.38 bits per heavy atom. The number of methoxy groups -OCH3 is 1. The predicted octanol–water partition coefficient (Wildman–Crippen LogP) is 1.56. The average Bonchev–Trinajstić information content (AvgIpc) is 2.71. The van der Waals surface area contributed by atoms with Crippen LogP contribution < -0.4 is 4.74 Å². The van der Waals surface area contributed by atoms with Crippen molar-refractivity contribution in [1.82, 2.24) is 9.88 Å². The van der Waals surface area contributed by atoms with Crippen molar-refractivity contribution >= 4 is 6.09 Å². The summed E-state index contributed by atoms with van der Waals surface area (Å²) in [6.45, 7) is 3.24. The van der Waals surface area contributed by atoms with Gasteiger partial charge in [-0.15, -0.1) is 0 Å². The quantitative estimate of drug-likeness (QED) is 0.762. The summed E-state index contributed by atoms with van der Waals surface area (Å²) in [6.07, 6.45) is 1.37. The van der Waals surface area contributed by atoms with Crippen LogP contribution in [0.4, 0.5) is 4.79 Å². The van der Waals surface area contributed by atoms with Gasteiger partial charge in [-0.1, -0.05) is 0 Å². The summed E-state index contributed by atoms with van der Waals surface area (Å²) in [6, 6.07) is 1.90.